The third-order valence-corrected chi connectivity index (χ3v) is 7.62. The first-order chi connectivity index (χ1) is 17.6. The van der Waals surface area contributed by atoms with E-state index < -0.39 is 19.9 Å². The Bertz CT molecular complexity index is 1450. The Balaban J connectivity index is 1.76. The fourth-order valence-electron chi connectivity index (χ4n) is 3.82. The van der Waals surface area contributed by atoms with Gasteiger partial charge in [-0.2, -0.15) is 4.98 Å². The summed E-state index contributed by atoms with van der Waals surface area (Å²) in [6, 6.07) is 5.21. The molecule has 0 saturated carbocycles. The minimum Gasteiger partial charge on any atom is -0.480 e. The lowest BCUT2D eigenvalue weighted by atomic mass is 10.2. The van der Waals surface area contributed by atoms with Crippen molar-refractivity contribution >= 4 is 30.9 Å². The van der Waals surface area contributed by atoms with Gasteiger partial charge in [0.2, 0.25) is 11.8 Å². The van der Waals surface area contributed by atoms with E-state index in [4.69, 9.17) is 9.47 Å². The van der Waals surface area contributed by atoms with Crippen molar-refractivity contribution in [1.82, 2.24) is 29.1 Å². The first-order valence-electron chi connectivity index (χ1n) is 12.0. The number of methoxy groups -OCH3 is 1. The van der Waals surface area contributed by atoms with Crippen molar-refractivity contribution in [2.75, 3.05) is 19.0 Å². The van der Waals surface area contributed by atoms with E-state index in [1.54, 1.807) is 18.5 Å². The zero-order chi connectivity index (χ0) is 26.7. The maximum absolute atomic E-state index is 13.6. The highest BCUT2D eigenvalue weighted by molar-refractivity contribution is 6.76. The first kappa shape index (κ1) is 26.4. The van der Waals surface area contributed by atoms with Gasteiger partial charge in [-0.15, -0.1) is 0 Å². The molecule has 0 fully saturated rings. The molecule has 0 saturated heterocycles. The Kier molecular flexibility index (Phi) is 7.69. The van der Waals surface area contributed by atoms with Gasteiger partial charge in [-0.05, 0) is 43.7 Å². The van der Waals surface area contributed by atoms with E-state index in [9.17, 15) is 9.18 Å². The lowest BCUT2D eigenvalue weighted by Crippen LogP contribution is -2.29. The number of aromatic nitrogens is 6. The van der Waals surface area contributed by atoms with E-state index in [1.807, 2.05) is 19.9 Å². The molecule has 0 radical (unpaired) electrons. The summed E-state index contributed by atoms with van der Waals surface area (Å²) in [6.45, 7) is 11.2. The highest BCUT2D eigenvalue weighted by Gasteiger charge is 2.23. The molecule has 1 unspecified atom stereocenters. The normalized spacial score (nSPS) is 12.6. The molecule has 0 aliphatic rings. The quantitative estimate of drug-likeness (QED) is 0.238. The van der Waals surface area contributed by atoms with Crippen molar-refractivity contribution in [3.8, 4) is 5.88 Å². The molecular weight excluding hydrogens is 493 g/mol. The molecule has 4 aromatic rings. The van der Waals surface area contributed by atoms with Crippen molar-refractivity contribution in [3.05, 3.63) is 64.3 Å². The minimum absolute atomic E-state index is 0.0716. The number of halogens is 1. The monoisotopic (exact) mass is 525 g/mol. The number of nitrogens with zero attached hydrogens (tertiary/aromatic N) is 6. The average molecular weight is 526 g/mol. The molecule has 0 bridgehead atoms. The van der Waals surface area contributed by atoms with Crippen LogP contribution in [-0.4, -0.2) is 50.9 Å². The van der Waals surface area contributed by atoms with Gasteiger partial charge in [-0.25, -0.2) is 19.2 Å². The number of fused-ring (bicyclic) bond motifs is 1. The van der Waals surface area contributed by atoms with E-state index in [1.165, 1.54) is 22.3 Å². The van der Waals surface area contributed by atoms with Crippen LogP contribution >= 0.6 is 0 Å². The van der Waals surface area contributed by atoms with Crippen molar-refractivity contribution < 1.29 is 13.9 Å². The number of pyridine rings is 2. The summed E-state index contributed by atoms with van der Waals surface area (Å²) < 4.78 is 27.8. The summed E-state index contributed by atoms with van der Waals surface area (Å²) in [5, 5.41) is 3.14. The first-order valence-corrected chi connectivity index (χ1v) is 15.7. The second-order valence-corrected chi connectivity index (χ2v) is 15.7. The summed E-state index contributed by atoms with van der Waals surface area (Å²) in [5.41, 5.74) is 2.65. The van der Waals surface area contributed by atoms with Gasteiger partial charge in [0.1, 0.15) is 23.8 Å². The number of rotatable bonds is 10. The predicted octanol–water partition coefficient (Wildman–Crippen LogP) is 4.50. The summed E-state index contributed by atoms with van der Waals surface area (Å²) in [7, 11) is 0.246. The second kappa shape index (κ2) is 10.8. The number of imidazole rings is 1. The van der Waals surface area contributed by atoms with Crippen LogP contribution in [0.3, 0.4) is 0 Å². The van der Waals surface area contributed by atoms with E-state index in [0.717, 1.165) is 17.8 Å². The molecule has 0 aliphatic heterocycles. The van der Waals surface area contributed by atoms with Crippen LogP contribution in [0.1, 0.15) is 24.2 Å². The molecular formula is C25H32FN7O3Si. The minimum atomic E-state index is -1.29. The van der Waals surface area contributed by atoms with Gasteiger partial charge in [-0.3, -0.25) is 14.1 Å². The van der Waals surface area contributed by atoms with Gasteiger partial charge in [-0.1, -0.05) is 19.6 Å². The van der Waals surface area contributed by atoms with E-state index in [0.29, 0.717) is 35.0 Å². The number of aryl methyl sites for hydroxylation is 1. The Labute approximate surface area is 215 Å². The second-order valence-electron chi connectivity index (χ2n) is 10.1. The van der Waals surface area contributed by atoms with Gasteiger partial charge in [0, 0.05) is 20.9 Å². The molecule has 12 heteroatoms. The van der Waals surface area contributed by atoms with Crippen LogP contribution < -0.4 is 15.7 Å². The summed E-state index contributed by atoms with van der Waals surface area (Å²) in [6.07, 6.45) is 4.42. The third-order valence-electron chi connectivity index (χ3n) is 5.92. The van der Waals surface area contributed by atoms with Crippen LogP contribution in [0.25, 0.3) is 11.2 Å². The molecule has 4 aromatic heterocycles. The van der Waals surface area contributed by atoms with Crippen LogP contribution in [0, 0.1) is 12.7 Å². The molecule has 0 aliphatic carbocycles. The average Bonchev–Trinajstić information content (AvgIpc) is 3.12. The number of ether oxygens (including phenoxy) is 2. The Morgan fingerprint density at radius 2 is 1.92 bits per heavy atom. The number of anilines is 2. The molecule has 1 atom stereocenters. The smallest absolute Gasteiger partial charge is 0.332 e. The van der Waals surface area contributed by atoms with Crippen molar-refractivity contribution in [3.63, 3.8) is 0 Å². The topological polar surface area (TPSA) is 109 Å². The largest absolute Gasteiger partial charge is 0.480 e. The molecule has 0 amide bonds. The standard InChI is InChI=1S/C25H32FN7O3Si/c1-16-11-20(23(35-3)28-12-16)30-24-29-14-21-22(31-24)33(17(2)19-8-7-18(26)13-27-19)25(34)32(21)15-36-9-10-37(4,5)6/h7-8,11-14,17H,9-10,15H2,1-6H3,(H,29,30,31). The highest BCUT2D eigenvalue weighted by atomic mass is 28.3. The number of hydrogen-bond acceptors (Lipinski definition) is 8. The van der Waals surface area contributed by atoms with Gasteiger partial charge >= 0.3 is 5.69 Å². The summed E-state index contributed by atoms with van der Waals surface area (Å²) >= 11 is 0. The molecule has 4 heterocycles. The lowest BCUT2D eigenvalue weighted by molar-refractivity contribution is 0.0870. The number of nitrogens with one attached hydrogen (secondary N) is 1. The van der Waals surface area contributed by atoms with Gasteiger partial charge in [0.25, 0.3) is 0 Å². The van der Waals surface area contributed by atoms with E-state index >= 15 is 0 Å². The molecule has 196 valence electrons. The molecule has 10 nitrogen and oxygen atoms in total. The van der Waals surface area contributed by atoms with Crippen LogP contribution in [0.2, 0.25) is 25.7 Å². The Hall–Kier alpha value is -3.64. The van der Waals surface area contributed by atoms with Gasteiger partial charge in [0.15, 0.2) is 5.65 Å². The third kappa shape index (κ3) is 6.02. The maximum Gasteiger partial charge on any atom is 0.332 e. The highest BCUT2D eigenvalue weighted by Crippen LogP contribution is 2.26. The van der Waals surface area contributed by atoms with Gasteiger partial charge < -0.3 is 14.8 Å². The molecule has 1 N–H and O–H groups in total. The molecule has 0 aromatic carbocycles. The van der Waals surface area contributed by atoms with E-state index in [-0.39, 0.29) is 18.4 Å². The zero-order valence-corrected chi connectivity index (χ0v) is 22.9. The molecule has 4 rings (SSSR count). The fraction of sp³-hybridized carbons (Fsp3) is 0.400. The van der Waals surface area contributed by atoms with Crippen LogP contribution in [0.15, 0.2) is 41.6 Å². The van der Waals surface area contributed by atoms with Crippen molar-refractivity contribution in [2.24, 2.45) is 0 Å². The maximum atomic E-state index is 13.6. The lowest BCUT2D eigenvalue weighted by Gasteiger charge is -2.15. The SMILES string of the molecule is COc1ncc(C)cc1Nc1ncc2c(n1)n(C(C)c1ccc(F)cn1)c(=O)n2COCC[Si](C)(C)C. The predicted molar refractivity (Wildman–Crippen MR) is 143 cm³/mol. The molecule has 37 heavy (non-hydrogen) atoms. The van der Waals surface area contributed by atoms with Crippen molar-refractivity contribution in [2.45, 2.75) is 52.3 Å². The fourth-order valence-corrected chi connectivity index (χ4v) is 4.58. The van der Waals surface area contributed by atoms with Gasteiger partial charge in [0.05, 0.1) is 31.2 Å². The Morgan fingerprint density at radius 3 is 2.59 bits per heavy atom. The summed E-state index contributed by atoms with van der Waals surface area (Å²) in [4.78, 5) is 31.2. The van der Waals surface area contributed by atoms with Crippen LogP contribution in [0.5, 0.6) is 5.88 Å². The zero-order valence-electron chi connectivity index (χ0n) is 21.9. The van der Waals surface area contributed by atoms with Crippen LogP contribution in [0.4, 0.5) is 16.0 Å². The number of hydrogen-bond donors (Lipinski definition) is 1. The Morgan fingerprint density at radius 1 is 1.14 bits per heavy atom. The van der Waals surface area contributed by atoms with Crippen molar-refractivity contribution in [1.29, 1.82) is 0 Å². The van der Waals surface area contributed by atoms with Crippen LogP contribution in [-0.2, 0) is 11.5 Å². The summed E-state index contributed by atoms with van der Waals surface area (Å²) in [5.74, 6) is 0.211. The van der Waals surface area contributed by atoms with E-state index in [2.05, 4.69) is 44.9 Å². The molecule has 0 spiro atoms.